The second kappa shape index (κ2) is 6.47. The Bertz CT molecular complexity index is 536. The number of hydrogen-bond donors (Lipinski definition) is 1. The van der Waals surface area contributed by atoms with E-state index in [1.807, 2.05) is 0 Å². The van der Waals surface area contributed by atoms with Gasteiger partial charge in [-0.05, 0) is 43.0 Å². The van der Waals surface area contributed by atoms with Crippen LogP contribution in [0.1, 0.15) is 18.4 Å². The predicted molar refractivity (Wildman–Crippen MR) is 86.5 cm³/mol. The first-order valence-electron chi connectivity index (χ1n) is 7.55. The number of hydrogen-bond acceptors (Lipinski definition) is 2. The second-order valence-electron chi connectivity index (χ2n) is 5.37. The molecule has 104 valence electrons. The fraction of sp³-hybridized carbons (Fsp3) is 0.333. The second-order valence-corrected chi connectivity index (χ2v) is 5.37. The highest BCUT2D eigenvalue weighted by Crippen LogP contribution is 2.25. The van der Waals surface area contributed by atoms with Crippen molar-refractivity contribution in [3.63, 3.8) is 0 Å². The number of nitrogens with one attached hydrogen (secondary N) is 1. The van der Waals surface area contributed by atoms with Gasteiger partial charge in [-0.2, -0.15) is 0 Å². The van der Waals surface area contributed by atoms with Crippen LogP contribution in [0.15, 0.2) is 54.6 Å². The van der Waals surface area contributed by atoms with Crippen LogP contribution in [0.3, 0.4) is 0 Å². The molecule has 0 spiro atoms. The van der Waals surface area contributed by atoms with E-state index < -0.39 is 0 Å². The number of fused-ring (bicyclic) bond motifs is 1. The third-order valence-corrected chi connectivity index (χ3v) is 3.94. The van der Waals surface area contributed by atoms with Crippen LogP contribution in [-0.2, 0) is 6.42 Å². The molecule has 3 rings (SSSR count). The first-order chi connectivity index (χ1) is 9.93. The molecule has 0 fully saturated rings. The summed E-state index contributed by atoms with van der Waals surface area (Å²) in [4.78, 5) is 2.53. The maximum atomic E-state index is 3.50. The van der Waals surface area contributed by atoms with Gasteiger partial charge in [0.2, 0.25) is 0 Å². The molecule has 20 heavy (non-hydrogen) atoms. The lowest BCUT2D eigenvalue weighted by Gasteiger charge is -2.25. The van der Waals surface area contributed by atoms with Crippen molar-refractivity contribution >= 4 is 11.4 Å². The topological polar surface area (TPSA) is 15.3 Å². The quantitative estimate of drug-likeness (QED) is 0.901. The molecule has 0 saturated carbocycles. The molecule has 0 aromatic heterocycles. The molecule has 0 radical (unpaired) electrons. The molecular weight excluding hydrogens is 244 g/mol. The van der Waals surface area contributed by atoms with Crippen molar-refractivity contribution in [2.75, 3.05) is 29.9 Å². The third kappa shape index (κ3) is 3.13. The Balaban J connectivity index is 1.62. The van der Waals surface area contributed by atoms with Crippen LogP contribution in [0.2, 0.25) is 0 Å². The maximum Gasteiger partial charge on any atom is 0.0399 e. The molecule has 1 heterocycles. The van der Waals surface area contributed by atoms with Gasteiger partial charge in [0.05, 0.1) is 0 Å². The van der Waals surface area contributed by atoms with Gasteiger partial charge in [0, 0.05) is 31.0 Å². The predicted octanol–water partition coefficient (Wildman–Crippen LogP) is 3.94. The van der Waals surface area contributed by atoms with E-state index in [0.717, 1.165) is 13.1 Å². The molecule has 2 heteroatoms. The van der Waals surface area contributed by atoms with E-state index in [-0.39, 0.29) is 0 Å². The highest BCUT2D eigenvalue weighted by atomic mass is 15.1. The monoisotopic (exact) mass is 266 g/mol. The van der Waals surface area contributed by atoms with Crippen molar-refractivity contribution in [1.29, 1.82) is 0 Å². The summed E-state index contributed by atoms with van der Waals surface area (Å²) in [6, 6.07) is 19.3. The van der Waals surface area contributed by atoms with Crippen molar-refractivity contribution in [2.45, 2.75) is 19.3 Å². The number of nitrogens with zero attached hydrogens (tertiary/aromatic N) is 1. The van der Waals surface area contributed by atoms with Gasteiger partial charge in [-0.3, -0.25) is 0 Å². The molecule has 1 N–H and O–H groups in total. The fourth-order valence-corrected chi connectivity index (χ4v) is 2.89. The molecule has 1 aliphatic rings. The maximum absolute atomic E-state index is 3.50. The Labute approximate surface area is 121 Å². The summed E-state index contributed by atoms with van der Waals surface area (Å²) in [5.41, 5.74) is 4.14. The van der Waals surface area contributed by atoms with Crippen LogP contribution in [0.25, 0.3) is 0 Å². The molecule has 2 nitrogen and oxygen atoms in total. The third-order valence-electron chi connectivity index (χ3n) is 3.94. The van der Waals surface area contributed by atoms with Crippen molar-refractivity contribution in [3.05, 3.63) is 60.2 Å². The van der Waals surface area contributed by atoms with E-state index in [2.05, 4.69) is 64.8 Å². The lowest BCUT2D eigenvalue weighted by atomic mass is 10.1. The summed E-state index contributed by atoms with van der Waals surface area (Å²) in [6.45, 7) is 3.22. The summed E-state index contributed by atoms with van der Waals surface area (Å²) in [6.07, 6.45) is 3.82. The van der Waals surface area contributed by atoms with E-state index in [4.69, 9.17) is 0 Å². The Kier molecular flexibility index (Phi) is 4.22. The van der Waals surface area contributed by atoms with E-state index in [9.17, 15) is 0 Å². The molecule has 1 aliphatic heterocycles. The first kappa shape index (κ1) is 13.0. The number of para-hydroxylation sites is 2. The highest BCUT2D eigenvalue weighted by molar-refractivity contribution is 5.54. The van der Waals surface area contributed by atoms with E-state index in [0.29, 0.717) is 0 Å². The van der Waals surface area contributed by atoms with Crippen LogP contribution in [0.5, 0.6) is 0 Å². The number of anilines is 2. The summed E-state index contributed by atoms with van der Waals surface area (Å²) in [7, 11) is 0. The molecule has 0 saturated heterocycles. The number of rotatable bonds is 4. The minimum absolute atomic E-state index is 0.984. The smallest absolute Gasteiger partial charge is 0.0399 e. The summed E-state index contributed by atoms with van der Waals surface area (Å²) >= 11 is 0. The molecule has 0 atom stereocenters. The minimum Gasteiger partial charge on any atom is -0.383 e. The van der Waals surface area contributed by atoms with Crippen LogP contribution in [0, 0.1) is 0 Å². The fourth-order valence-electron chi connectivity index (χ4n) is 2.89. The molecule has 0 aliphatic carbocycles. The molecule has 0 amide bonds. The van der Waals surface area contributed by atoms with Crippen molar-refractivity contribution < 1.29 is 0 Å². The minimum atomic E-state index is 0.984. The van der Waals surface area contributed by atoms with E-state index in [1.54, 1.807) is 0 Å². The highest BCUT2D eigenvalue weighted by Gasteiger charge is 2.13. The lowest BCUT2D eigenvalue weighted by molar-refractivity contribution is 0.719. The van der Waals surface area contributed by atoms with Gasteiger partial charge >= 0.3 is 0 Å². The molecule has 0 bridgehead atoms. The normalized spacial score (nSPS) is 14.5. The first-order valence-corrected chi connectivity index (χ1v) is 7.55. The SMILES string of the molecule is c1ccc(NCCN2CCCCc3ccccc32)cc1. The zero-order valence-electron chi connectivity index (χ0n) is 11.9. The molecule has 0 unspecified atom stereocenters. The summed E-state index contributed by atoms with van der Waals surface area (Å²) < 4.78 is 0. The molecule has 2 aromatic carbocycles. The standard InChI is InChI=1S/C18H22N2/c1-2-10-17(11-3-1)19-13-15-20-14-7-6-9-16-8-4-5-12-18(16)20/h1-5,8,10-12,19H,6-7,9,13-15H2. The van der Waals surface area contributed by atoms with Gasteiger partial charge in [0.1, 0.15) is 0 Å². The Morgan fingerprint density at radius 2 is 1.70 bits per heavy atom. The summed E-state index contributed by atoms with van der Waals surface area (Å²) in [5.74, 6) is 0. The Hall–Kier alpha value is -1.96. The zero-order chi connectivity index (χ0) is 13.6. The molecular formula is C18H22N2. The number of aryl methyl sites for hydroxylation is 1. The van der Waals surface area contributed by atoms with Crippen LogP contribution >= 0.6 is 0 Å². The van der Waals surface area contributed by atoms with Crippen molar-refractivity contribution in [1.82, 2.24) is 0 Å². The lowest BCUT2D eigenvalue weighted by Crippen LogP contribution is -2.29. The van der Waals surface area contributed by atoms with Gasteiger partial charge in [0.15, 0.2) is 0 Å². The Morgan fingerprint density at radius 3 is 2.60 bits per heavy atom. The van der Waals surface area contributed by atoms with Gasteiger partial charge in [-0.1, -0.05) is 36.4 Å². The van der Waals surface area contributed by atoms with Gasteiger partial charge < -0.3 is 10.2 Å². The van der Waals surface area contributed by atoms with Crippen molar-refractivity contribution in [2.24, 2.45) is 0 Å². The summed E-state index contributed by atoms with van der Waals surface area (Å²) in [5, 5.41) is 3.50. The number of benzene rings is 2. The molecule has 2 aromatic rings. The Morgan fingerprint density at radius 1 is 0.900 bits per heavy atom. The average Bonchev–Trinajstić information content (AvgIpc) is 2.71. The average molecular weight is 266 g/mol. The van der Waals surface area contributed by atoms with Crippen LogP contribution < -0.4 is 10.2 Å². The van der Waals surface area contributed by atoms with Crippen LogP contribution in [0.4, 0.5) is 11.4 Å². The van der Waals surface area contributed by atoms with Crippen molar-refractivity contribution in [3.8, 4) is 0 Å². The van der Waals surface area contributed by atoms with E-state index >= 15 is 0 Å². The zero-order valence-corrected chi connectivity index (χ0v) is 11.9. The van der Waals surface area contributed by atoms with Crippen LogP contribution in [-0.4, -0.2) is 19.6 Å². The van der Waals surface area contributed by atoms with Gasteiger partial charge in [-0.25, -0.2) is 0 Å². The van der Waals surface area contributed by atoms with Gasteiger partial charge in [-0.15, -0.1) is 0 Å². The van der Waals surface area contributed by atoms with Gasteiger partial charge in [0.25, 0.3) is 0 Å². The van der Waals surface area contributed by atoms with E-state index in [1.165, 1.54) is 42.7 Å². The largest absolute Gasteiger partial charge is 0.383 e.